The van der Waals surface area contributed by atoms with E-state index < -0.39 is 17.6 Å². The number of carbonyl (C=O) groups is 1. The average Bonchev–Trinajstić information content (AvgIpc) is 3.40. The molecule has 0 unspecified atom stereocenters. The van der Waals surface area contributed by atoms with E-state index in [9.17, 15) is 18.0 Å². The lowest BCUT2D eigenvalue weighted by molar-refractivity contribution is -0.137. The molecule has 0 saturated carbocycles. The van der Waals surface area contributed by atoms with Gasteiger partial charge in [-0.1, -0.05) is 13.8 Å². The van der Waals surface area contributed by atoms with Crippen LogP contribution in [0.25, 0.3) is 17.2 Å². The molecule has 2 N–H and O–H groups in total. The highest BCUT2D eigenvalue weighted by Gasteiger charge is 2.31. The first-order valence-corrected chi connectivity index (χ1v) is 10.1. The summed E-state index contributed by atoms with van der Waals surface area (Å²) in [7, 11) is 0. The van der Waals surface area contributed by atoms with Crippen molar-refractivity contribution in [1.29, 1.82) is 0 Å². The predicted octanol–water partition coefficient (Wildman–Crippen LogP) is 4.76. The molecule has 0 bridgehead atoms. The quantitative estimate of drug-likeness (QED) is 0.452. The lowest BCUT2D eigenvalue weighted by Gasteiger charge is -2.13. The number of anilines is 1. The smallest absolute Gasteiger partial charge is 0.322 e. The third kappa shape index (κ3) is 4.61. The van der Waals surface area contributed by atoms with Crippen LogP contribution in [0.2, 0.25) is 0 Å². The maximum absolute atomic E-state index is 13.0. The lowest BCUT2D eigenvalue weighted by atomic mass is 10.1. The SMILES string of the molecule is Cc1nc(-c2ccc(NC(=O)c3cnn(-c4ccc(C(F)(F)F)cn4)c3C(C)C)cc2)n[nH]1. The van der Waals surface area contributed by atoms with Crippen molar-refractivity contribution >= 4 is 11.6 Å². The van der Waals surface area contributed by atoms with E-state index in [2.05, 4.69) is 30.6 Å². The van der Waals surface area contributed by atoms with Gasteiger partial charge in [0.05, 0.1) is 23.0 Å². The van der Waals surface area contributed by atoms with Crippen LogP contribution in [-0.2, 0) is 6.18 Å². The number of aryl methyl sites for hydroxylation is 1. The first-order chi connectivity index (χ1) is 15.6. The first kappa shape index (κ1) is 22.2. The zero-order chi connectivity index (χ0) is 23.8. The Balaban J connectivity index is 1.57. The van der Waals surface area contributed by atoms with Gasteiger partial charge in [0.15, 0.2) is 11.6 Å². The highest BCUT2D eigenvalue weighted by molar-refractivity contribution is 6.05. The van der Waals surface area contributed by atoms with Gasteiger partial charge in [0.2, 0.25) is 0 Å². The van der Waals surface area contributed by atoms with Gasteiger partial charge in [0.25, 0.3) is 5.91 Å². The summed E-state index contributed by atoms with van der Waals surface area (Å²) in [5.74, 6) is 0.907. The summed E-state index contributed by atoms with van der Waals surface area (Å²) in [6.45, 7) is 5.53. The predicted molar refractivity (Wildman–Crippen MR) is 115 cm³/mol. The van der Waals surface area contributed by atoms with E-state index in [-0.39, 0.29) is 11.7 Å². The Morgan fingerprint density at radius 1 is 1.09 bits per heavy atom. The number of alkyl halides is 3. The molecule has 1 aromatic carbocycles. The maximum atomic E-state index is 13.0. The van der Waals surface area contributed by atoms with E-state index in [0.717, 1.165) is 17.8 Å². The number of carbonyl (C=O) groups excluding carboxylic acids is 1. The largest absolute Gasteiger partial charge is 0.417 e. The molecule has 11 heteroatoms. The fraction of sp³-hybridized carbons (Fsp3) is 0.227. The Labute approximate surface area is 186 Å². The molecule has 1 amide bonds. The van der Waals surface area contributed by atoms with Gasteiger partial charge in [0, 0.05) is 17.4 Å². The highest BCUT2D eigenvalue weighted by atomic mass is 19.4. The molecule has 3 heterocycles. The topological polar surface area (TPSA) is 101 Å². The first-order valence-electron chi connectivity index (χ1n) is 10.1. The van der Waals surface area contributed by atoms with Crippen molar-refractivity contribution in [3.05, 3.63) is 71.4 Å². The van der Waals surface area contributed by atoms with E-state index in [4.69, 9.17) is 0 Å². The third-order valence-electron chi connectivity index (χ3n) is 4.89. The highest BCUT2D eigenvalue weighted by Crippen LogP contribution is 2.30. The summed E-state index contributed by atoms with van der Waals surface area (Å²) < 4.78 is 39.9. The van der Waals surface area contributed by atoms with Gasteiger partial charge < -0.3 is 5.32 Å². The number of aromatic amines is 1. The monoisotopic (exact) mass is 455 g/mol. The molecule has 0 spiro atoms. The van der Waals surface area contributed by atoms with Crippen molar-refractivity contribution in [2.75, 3.05) is 5.32 Å². The molecule has 0 radical (unpaired) electrons. The van der Waals surface area contributed by atoms with Crippen LogP contribution in [0.3, 0.4) is 0 Å². The van der Waals surface area contributed by atoms with E-state index in [0.29, 0.717) is 28.6 Å². The van der Waals surface area contributed by atoms with Gasteiger partial charge in [-0.15, -0.1) is 0 Å². The Morgan fingerprint density at radius 3 is 2.36 bits per heavy atom. The van der Waals surface area contributed by atoms with Gasteiger partial charge >= 0.3 is 6.18 Å². The normalized spacial score (nSPS) is 11.7. The standard InChI is InChI=1S/C22H20F3N7O/c1-12(2)19-17(11-27-32(19)18-9-6-15(10-26-18)22(23,24)25)21(33)29-16-7-4-14(5-8-16)20-28-13(3)30-31-20/h4-12H,1-3H3,(H,29,33)(H,28,30,31). The lowest BCUT2D eigenvalue weighted by Crippen LogP contribution is -2.16. The summed E-state index contributed by atoms with van der Waals surface area (Å²) in [6, 6.07) is 9.21. The Kier molecular flexibility index (Phi) is 5.71. The molecule has 4 aromatic rings. The minimum atomic E-state index is -4.48. The Bertz CT molecular complexity index is 1270. The van der Waals surface area contributed by atoms with Crippen molar-refractivity contribution in [2.45, 2.75) is 32.9 Å². The van der Waals surface area contributed by atoms with Crippen LogP contribution in [0.15, 0.2) is 48.8 Å². The van der Waals surface area contributed by atoms with Crippen molar-refractivity contribution in [3.8, 4) is 17.2 Å². The molecular weight excluding hydrogens is 435 g/mol. The molecule has 8 nitrogen and oxygen atoms in total. The summed E-state index contributed by atoms with van der Waals surface area (Å²) in [5, 5.41) is 13.9. The Morgan fingerprint density at radius 2 is 1.82 bits per heavy atom. The molecule has 0 aliphatic carbocycles. The average molecular weight is 455 g/mol. The molecule has 170 valence electrons. The van der Waals surface area contributed by atoms with Crippen LogP contribution < -0.4 is 5.32 Å². The molecular formula is C22H20F3N7O. The second kappa shape index (κ2) is 8.49. The van der Waals surface area contributed by atoms with Gasteiger partial charge in [-0.25, -0.2) is 14.6 Å². The molecule has 0 atom stereocenters. The number of benzene rings is 1. The number of H-pyrrole nitrogens is 1. The number of amides is 1. The number of halogens is 3. The number of hydrogen-bond acceptors (Lipinski definition) is 5. The zero-order valence-corrected chi connectivity index (χ0v) is 18.0. The summed E-state index contributed by atoms with van der Waals surface area (Å²) in [4.78, 5) is 21.1. The van der Waals surface area contributed by atoms with Crippen LogP contribution in [0.1, 0.15) is 47.2 Å². The van der Waals surface area contributed by atoms with Crippen molar-refractivity contribution in [2.24, 2.45) is 0 Å². The maximum Gasteiger partial charge on any atom is 0.417 e. The van der Waals surface area contributed by atoms with E-state index >= 15 is 0 Å². The Hall–Kier alpha value is -4.02. The molecule has 33 heavy (non-hydrogen) atoms. The number of rotatable bonds is 5. The number of nitrogens with zero attached hydrogens (tertiary/aromatic N) is 5. The van der Waals surface area contributed by atoms with Crippen molar-refractivity contribution in [3.63, 3.8) is 0 Å². The number of pyridine rings is 1. The minimum Gasteiger partial charge on any atom is -0.322 e. The van der Waals surface area contributed by atoms with Crippen LogP contribution in [0, 0.1) is 6.92 Å². The van der Waals surface area contributed by atoms with Crippen LogP contribution in [-0.4, -0.2) is 35.9 Å². The fourth-order valence-corrected chi connectivity index (χ4v) is 3.32. The van der Waals surface area contributed by atoms with Crippen LogP contribution in [0.5, 0.6) is 0 Å². The van der Waals surface area contributed by atoms with Gasteiger partial charge in [-0.2, -0.15) is 23.4 Å². The third-order valence-corrected chi connectivity index (χ3v) is 4.89. The zero-order valence-electron chi connectivity index (χ0n) is 18.0. The van der Waals surface area contributed by atoms with Crippen LogP contribution in [0.4, 0.5) is 18.9 Å². The molecule has 4 rings (SSSR count). The molecule has 0 aliphatic rings. The van der Waals surface area contributed by atoms with E-state index in [1.807, 2.05) is 13.8 Å². The number of hydrogen-bond donors (Lipinski definition) is 2. The van der Waals surface area contributed by atoms with Crippen molar-refractivity contribution in [1.82, 2.24) is 29.9 Å². The van der Waals surface area contributed by atoms with Crippen LogP contribution >= 0.6 is 0 Å². The second-order valence-corrected chi connectivity index (χ2v) is 7.69. The molecule has 3 aromatic heterocycles. The minimum absolute atomic E-state index is 0.145. The molecule has 0 aliphatic heterocycles. The van der Waals surface area contributed by atoms with E-state index in [1.54, 1.807) is 31.2 Å². The summed E-state index contributed by atoms with van der Waals surface area (Å²) in [6.07, 6.45) is -2.35. The van der Waals surface area contributed by atoms with Gasteiger partial charge in [-0.3, -0.25) is 9.89 Å². The van der Waals surface area contributed by atoms with E-state index in [1.165, 1.54) is 16.9 Å². The fourth-order valence-electron chi connectivity index (χ4n) is 3.32. The number of nitrogens with one attached hydrogen (secondary N) is 2. The molecule has 0 fully saturated rings. The summed E-state index contributed by atoms with van der Waals surface area (Å²) in [5.41, 5.74) is 1.34. The summed E-state index contributed by atoms with van der Waals surface area (Å²) >= 11 is 0. The van der Waals surface area contributed by atoms with Crippen molar-refractivity contribution < 1.29 is 18.0 Å². The second-order valence-electron chi connectivity index (χ2n) is 7.69. The molecule has 0 saturated heterocycles. The van der Waals surface area contributed by atoms with Gasteiger partial charge in [-0.05, 0) is 49.2 Å². The number of aromatic nitrogens is 6. The van der Waals surface area contributed by atoms with Gasteiger partial charge in [0.1, 0.15) is 5.82 Å².